The monoisotopic (exact) mass is 398 g/mol. The highest BCUT2D eigenvalue weighted by molar-refractivity contribution is 6.33. The molecule has 0 radical (unpaired) electrons. The fraction of sp³-hybridized carbons (Fsp3) is 0.190. The van der Waals surface area contributed by atoms with Gasteiger partial charge >= 0.3 is 5.97 Å². The fourth-order valence-electron chi connectivity index (χ4n) is 2.59. The Labute approximate surface area is 167 Å². The summed E-state index contributed by atoms with van der Waals surface area (Å²) in [4.78, 5) is 29.2. The number of carbonyl (C=O) groups excluding carboxylic acids is 2. The number of rotatable bonds is 5. The first-order valence-corrected chi connectivity index (χ1v) is 9.07. The molecule has 0 aliphatic rings. The van der Waals surface area contributed by atoms with Gasteiger partial charge in [0.1, 0.15) is 0 Å². The molecule has 0 aliphatic carbocycles. The number of hydrogen-bond acceptors (Lipinski definition) is 5. The summed E-state index contributed by atoms with van der Waals surface area (Å²) in [6, 6.07) is 13.8. The second-order valence-corrected chi connectivity index (χ2v) is 6.79. The van der Waals surface area contributed by atoms with Crippen molar-refractivity contribution in [2.45, 2.75) is 26.9 Å². The van der Waals surface area contributed by atoms with Gasteiger partial charge in [-0.05, 0) is 32.0 Å². The van der Waals surface area contributed by atoms with Gasteiger partial charge in [0, 0.05) is 18.2 Å². The van der Waals surface area contributed by atoms with Gasteiger partial charge in [0.25, 0.3) is 5.91 Å². The van der Waals surface area contributed by atoms with Gasteiger partial charge in [0.2, 0.25) is 0 Å². The summed E-state index contributed by atoms with van der Waals surface area (Å²) in [5, 5.41) is 2.97. The normalized spacial score (nSPS) is 10.8. The molecular weight excluding hydrogens is 380 g/mol. The zero-order valence-electron chi connectivity index (χ0n) is 15.7. The third kappa shape index (κ3) is 4.40. The third-order valence-corrected chi connectivity index (χ3v) is 4.10. The molecule has 2 aromatic carbocycles. The number of nitrogens with one attached hydrogen (secondary N) is 1. The molecule has 1 heterocycles. The van der Waals surface area contributed by atoms with Crippen molar-refractivity contribution in [3.05, 3.63) is 70.7 Å². The van der Waals surface area contributed by atoms with Crippen molar-refractivity contribution in [2.75, 3.05) is 5.32 Å². The van der Waals surface area contributed by atoms with Crippen LogP contribution in [0.25, 0.3) is 11.3 Å². The van der Waals surface area contributed by atoms with Crippen LogP contribution in [-0.2, 0) is 4.74 Å². The van der Waals surface area contributed by atoms with Crippen LogP contribution in [0.5, 0.6) is 0 Å². The number of ether oxygens (including phenoxy) is 1. The number of benzene rings is 2. The first-order chi connectivity index (χ1) is 13.3. The highest BCUT2D eigenvalue weighted by Crippen LogP contribution is 2.27. The quantitative estimate of drug-likeness (QED) is 0.603. The zero-order chi connectivity index (χ0) is 20.3. The van der Waals surface area contributed by atoms with Gasteiger partial charge in [-0.25, -0.2) is 9.78 Å². The molecule has 0 saturated heterocycles. The van der Waals surface area contributed by atoms with E-state index in [9.17, 15) is 9.59 Å². The molecule has 1 aromatic heterocycles. The summed E-state index contributed by atoms with van der Waals surface area (Å²) in [6.45, 7) is 5.16. The molecule has 0 unspecified atom stereocenters. The van der Waals surface area contributed by atoms with E-state index in [1.807, 2.05) is 30.3 Å². The van der Waals surface area contributed by atoms with Crippen LogP contribution in [0.2, 0.25) is 5.02 Å². The minimum Gasteiger partial charge on any atom is -0.459 e. The lowest BCUT2D eigenvalue weighted by molar-refractivity contribution is 0.0378. The number of halogens is 1. The average molecular weight is 399 g/mol. The van der Waals surface area contributed by atoms with Crippen molar-refractivity contribution < 1.29 is 18.7 Å². The standard InChI is InChI=1S/C21H19ClN2O4/c1-12(2)27-21(26)16-11-15(9-10-17(16)22)24-20(25)18-19(28-13(3)23-18)14-7-5-4-6-8-14/h4-12H,1-3H3,(H,24,25). The molecule has 7 heteroatoms. The third-order valence-electron chi connectivity index (χ3n) is 3.77. The van der Waals surface area contributed by atoms with Crippen LogP contribution in [-0.4, -0.2) is 23.0 Å². The Bertz CT molecular complexity index is 1010. The maximum Gasteiger partial charge on any atom is 0.339 e. The SMILES string of the molecule is Cc1nc(C(=O)Nc2ccc(Cl)c(C(=O)OC(C)C)c2)c(-c2ccccc2)o1. The van der Waals surface area contributed by atoms with E-state index in [0.717, 1.165) is 5.56 Å². The van der Waals surface area contributed by atoms with E-state index in [-0.39, 0.29) is 22.4 Å². The molecule has 6 nitrogen and oxygen atoms in total. The molecule has 1 amide bonds. The van der Waals surface area contributed by atoms with E-state index in [1.54, 1.807) is 26.8 Å². The second kappa shape index (κ2) is 8.27. The summed E-state index contributed by atoms with van der Waals surface area (Å²) in [6.07, 6.45) is -0.284. The molecule has 0 saturated carbocycles. The number of anilines is 1. The number of aryl methyl sites for hydroxylation is 1. The molecule has 28 heavy (non-hydrogen) atoms. The first-order valence-electron chi connectivity index (χ1n) is 8.70. The lowest BCUT2D eigenvalue weighted by Crippen LogP contribution is -2.15. The molecule has 0 spiro atoms. The minimum absolute atomic E-state index is 0.157. The molecule has 1 N–H and O–H groups in total. The van der Waals surface area contributed by atoms with Gasteiger partial charge in [-0.15, -0.1) is 0 Å². The van der Waals surface area contributed by atoms with Gasteiger partial charge in [-0.3, -0.25) is 4.79 Å². The van der Waals surface area contributed by atoms with Crippen LogP contribution in [0.1, 0.15) is 40.6 Å². The Morgan fingerprint density at radius 2 is 1.86 bits per heavy atom. The Kier molecular flexibility index (Phi) is 5.80. The Balaban J connectivity index is 1.88. The average Bonchev–Trinajstić information content (AvgIpc) is 3.05. The number of carbonyl (C=O) groups is 2. The Morgan fingerprint density at radius 1 is 1.14 bits per heavy atom. The van der Waals surface area contributed by atoms with E-state index < -0.39 is 11.9 Å². The van der Waals surface area contributed by atoms with Crippen LogP contribution < -0.4 is 5.32 Å². The summed E-state index contributed by atoms with van der Waals surface area (Å²) < 4.78 is 10.8. The number of nitrogens with zero attached hydrogens (tertiary/aromatic N) is 1. The van der Waals surface area contributed by atoms with Crippen molar-refractivity contribution in [2.24, 2.45) is 0 Å². The largest absolute Gasteiger partial charge is 0.459 e. The molecule has 0 atom stereocenters. The fourth-order valence-corrected chi connectivity index (χ4v) is 2.79. The van der Waals surface area contributed by atoms with Crippen molar-refractivity contribution in [1.29, 1.82) is 0 Å². The maximum atomic E-state index is 12.8. The van der Waals surface area contributed by atoms with Crippen molar-refractivity contribution in [3.8, 4) is 11.3 Å². The molecule has 0 fully saturated rings. The summed E-state index contributed by atoms with van der Waals surface area (Å²) in [5.41, 5.74) is 1.47. The summed E-state index contributed by atoms with van der Waals surface area (Å²) in [5.74, 6) is -0.259. The topological polar surface area (TPSA) is 81.4 Å². The molecule has 0 aliphatic heterocycles. The lowest BCUT2D eigenvalue weighted by atomic mass is 10.1. The van der Waals surface area contributed by atoms with E-state index >= 15 is 0 Å². The number of hydrogen-bond donors (Lipinski definition) is 1. The van der Waals surface area contributed by atoms with Gasteiger partial charge in [0.05, 0.1) is 16.7 Å². The molecule has 3 rings (SSSR count). The number of amides is 1. The van der Waals surface area contributed by atoms with Gasteiger partial charge in [0.15, 0.2) is 17.3 Å². The van der Waals surface area contributed by atoms with Crippen LogP contribution in [0.15, 0.2) is 52.9 Å². The molecular formula is C21H19ClN2O4. The second-order valence-electron chi connectivity index (χ2n) is 6.38. The van der Waals surface area contributed by atoms with Gasteiger partial charge < -0.3 is 14.5 Å². The number of esters is 1. The minimum atomic E-state index is -0.557. The van der Waals surface area contributed by atoms with Gasteiger partial charge in [-0.2, -0.15) is 0 Å². The predicted octanol–water partition coefficient (Wildman–Crippen LogP) is 5.12. The highest BCUT2D eigenvalue weighted by Gasteiger charge is 2.21. The van der Waals surface area contributed by atoms with Crippen molar-refractivity contribution >= 4 is 29.2 Å². The highest BCUT2D eigenvalue weighted by atomic mass is 35.5. The van der Waals surface area contributed by atoms with Crippen LogP contribution in [0.3, 0.4) is 0 Å². The van der Waals surface area contributed by atoms with Crippen LogP contribution in [0, 0.1) is 6.92 Å². The van der Waals surface area contributed by atoms with E-state index in [1.165, 1.54) is 12.1 Å². The Hall–Kier alpha value is -3.12. The van der Waals surface area contributed by atoms with E-state index in [2.05, 4.69) is 10.3 Å². The van der Waals surface area contributed by atoms with Crippen molar-refractivity contribution in [1.82, 2.24) is 4.98 Å². The lowest BCUT2D eigenvalue weighted by Gasteiger charge is -2.11. The number of aromatic nitrogens is 1. The summed E-state index contributed by atoms with van der Waals surface area (Å²) >= 11 is 6.10. The smallest absolute Gasteiger partial charge is 0.339 e. The maximum absolute atomic E-state index is 12.8. The first kappa shape index (κ1) is 19.6. The van der Waals surface area contributed by atoms with E-state index in [4.69, 9.17) is 20.8 Å². The van der Waals surface area contributed by atoms with Gasteiger partial charge in [-0.1, -0.05) is 41.9 Å². The van der Waals surface area contributed by atoms with Crippen LogP contribution >= 0.6 is 11.6 Å². The predicted molar refractivity (Wildman–Crippen MR) is 107 cm³/mol. The zero-order valence-corrected chi connectivity index (χ0v) is 16.4. The molecule has 144 valence electrons. The Morgan fingerprint density at radius 3 is 2.54 bits per heavy atom. The van der Waals surface area contributed by atoms with Crippen molar-refractivity contribution in [3.63, 3.8) is 0 Å². The number of oxazole rings is 1. The molecule has 0 bridgehead atoms. The molecule has 3 aromatic rings. The van der Waals surface area contributed by atoms with Crippen LogP contribution in [0.4, 0.5) is 5.69 Å². The van der Waals surface area contributed by atoms with E-state index in [0.29, 0.717) is 17.3 Å². The summed E-state index contributed by atoms with van der Waals surface area (Å²) in [7, 11) is 0.